The van der Waals surface area contributed by atoms with Gasteiger partial charge < -0.3 is 4.98 Å². The highest BCUT2D eigenvalue weighted by Crippen LogP contribution is 2.43. The number of fused-ring (bicyclic) bond motifs is 1. The van der Waals surface area contributed by atoms with Crippen molar-refractivity contribution in [3.63, 3.8) is 0 Å². The lowest BCUT2D eigenvalue weighted by molar-refractivity contribution is 0.596. The minimum absolute atomic E-state index is 0.278. The first-order chi connectivity index (χ1) is 17.6. The van der Waals surface area contributed by atoms with Gasteiger partial charge in [0.15, 0.2) is 0 Å². The molecular formula is C32H23NO2S. The maximum absolute atomic E-state index is 13.1. The lowest BCUT2D eigenvalue weighted by Crippen LogP contribution is -2.01. The fourth-order valence-corrected chi connectivity index (χ4v) is 6.03. The Hall–Kier alpha value is -4.41. The Morgan fingerprint density at radius 3 is 1.67 bits per heavy atom. The molecule has 0 amide bonds. The summed E-state index contributed by atoms with van der Waals surface area (Å²) in [6.07, 6.45) is 0. The van der Waals surface area contributed by atoms with E-state index in [0.29, 0.717) is 4.90 Å². The van der Waals surface area contributed by atoms with E-state index in [2.05, 4.69) is 59.6 Å². The van der Waals surface area contributed by atoms with Gasteiger partial charge in [-0.2, -0.15) is 0 Å². The van der Waals surface area contributed by atoms with Gasteiger partial charge in [-0.25, -0.2) is 8.42 Å². The van der Waals surface area contributed by atoms with Crippen LogP contribution in [-0.2, 0) is 9.84 Å². The van der Waals surface area contributed by atoms with Crippen molar-refractivity contribution in [3.8, 4) is 33.5 Å². The molecule has 0 aliphatic heterocycles. The molecule has 3 nitrogen and oxygen atoms in total. The van der Waals surface area contributed by atoms with Crippen LogP contribution in [0.15, 0.2) is 143 Å². The van der Waals surface area contributed by atoms with Crippen LogP contribution in [0, 0.1) is 0 Å². The van der Waals surface area contributed by atoms with Crippen LogP contribution in [0.25, 0.3) is 44.4 Å². The Kier molecular flexibility index (Phi) is 5.51. The zero-order chi connectivity index (χ0) is 24.5. The number of H-pyrrole nitrogens is 1. The Morgan fingerprint density at radius 2 is 1.03 bits per heavy atom. The predicted octanol–water partition coefficient (Wildman–Crippen LogP) is 8.00. The van der Waals surface area contributed by atoms with Crippen molar-refractivity contribution in [2.75, 3.05) is 0 Å². The van der Waals surface area contributed by atoms with E-state index in [1.54, 1.807) is 36.4 Å². The number of nitrogens with one attached hydrogen (secondary N) is 1. The summed E-state index contributed by atoms with van der Waals surface area (Å²) in [6.45, 7) is 0. The van der Waals surface area contributed by atoms with Crippen LogP contribution in [-0.4, -0.2) is 13.4 Å². The second kappa shape index (κ2) is 8.99. The summed E-state index contributed by atoms with van der Waals surface area (Å²) in [5, 5.41) is 1.14. The van der Waals surface area contributed by atoms with Gasteiger partial charge in [0.05, 0.1) is 15.5 Å². The monoisotopic (exact) mass is 485 g/mol. The zero-order valence-electron chi connectivity index (χ0n) is 19.4. The summed E-state index contributed by atoms with van der Waals surface area (Å²) >= 11 is 0. The molecule has 0 radical (unpaired) electrons. The largest absolute Gasteiger partial charge is 0.354 e. The molecule has 4 heteroatoms. The van der Waals surface area contributed by atoms with E-state index in [1.165, 1.54) is 0 Å². The molecule has 0 aliphatic carbocycles. The molecule has 1 aromatic heterocycles. The number of hydrogen-bond donors (Lipinski definition) is 1. The number of benzene rings is 5. The third-order valence-electron chi connectivity index (χ3n) is 6.48. The first-order valence-corrected chi connectivity index (χ1v) is 13.3. The summed E-state index contributed by atoms with van der Waals surface area (Å²) in [4.78, 5) is 4.20. The Morgan fingerprint density at radius 1 is 0.472 bits per heavy atom. The SMILES string of the molecule is O=S(=O)(c1ccccc1)c1ccc(-c2[nH]c3cccc(-c4ccccc4)c3c2-c2ccccc2)cc1. The van der Waals surface area contributed by atoms with Gasteiger partial charge in [-0.15, -0.1) is 0 Å². The molecule has 1 N–H and O–H groups in total. The highest BCUT2D eigenvalue weighted by atomic mass is 32.2. The van der Waals surface area contributed by atoms with Gasteiger partial charge >= 0.3 is 0 Å². The van der Waals surface area contributed by atoms with Crippen molar-refractivity contribution in [1.29, 1.82) is 0 Å². The molecule has 0 bridgehead atoms. The molecule has 0 saturated carbocycles. The lowest BCUT2D eigenvalue weighted by Gasteiger charge is -2.10. The maximum Gasteiger partial charge on any atom is 0.206 e. The fourth-order valence-electron chi connectivity index (χ4n) is 4.75. The smallest absolute Gasteiger partial charge is 0.206 e. The molecule has 6 rings (SSSR count). The number of rotatable bonds is 5. The first-order valence-electron chi connectivity index (χ1n) is 11.8. The van der Waals surface area contributed by atoms with Crippen molar-refractivity contribution in [1.82, 2.24) is 4.98 Å². The molecular weight excluding hydrogens is 462 g/mol. The van der Waals surface area contributed by atoms with E-state index in [0.717, 1.165) is 44.4 Å². The van der Waals surface area contributed by atoms with Gasteiger partial charge in [0.25, 0.3) is 0 Å². The highest BCUT2D eigenvalue weighted by molar-refractivity contribution is 7.91. The van der Waals surface area contributed by atoms with Crippen LogP contribution in [0.2, 0.25) is 0 Å². The van der Waals surface area contributed by atoms with Crippen LogP contribution in [0.1, 0.15) is 0 Å². The van der Waals surface area contributed by atoms with E-state index < -0.39 is 9.84 Å². The minimum Gasteiger partial charge on any atom is -0.354 e. The zero-order valence-corrected chi connectivity index (χ0v) is 20.2. The summed E-state index contributed by atoms with van der Waals surface area (Å²) in [6, 6.07) is 42.7. The van der Waals surface area contributed by atoms with Crippen LogP contribution in [0.4, 0.5) is 0 Å². The highest BCUT2D eigenvalue weighted by Gasteiger charge is 2.20. The maximum atomic E-state index is 13.1. The molecule has 36 heavy (non-hydrogen) atoms. The quantitative estimate of drug-likeness (QED) is 0.269. The normalized spacial score (nSPS) is 11.6. The molecule has 0 fully saturated rings. The standard InChI is InChI=1S/C32H23NO2S/c34-36(35,26-15-8-3-9-16-26)27-21-19-25(20-22-27)32-30(24-13-6-2-7-14-24)31-28(17-10-18-29(31)33-32)23-11-4-1-5-12-23/h1-22,33H. The van der Waals surface area contributed by atoms with E-state index in [1.807, 2.05) is 42.5 Å². The second-order valence-corrected chi connectivity index (χ2v) is 10.6. The summed E-state index contributed by atoms with van der Waals surface area (Å²) in [7, 11) is -3.58. The lowest BCUT2D eigenvalue weighted by atomic mass is 9.93. The van der Waals surface area contributed by atoms with Crippen molar-refractivity contribution >= 4 is 20.7 Å². The van der Waals surface area contributed by atoms with E-state index >= 15 is 0 Å². The Labute approximate surface area is 210 Å². The molecule has 1 heterocycles. The van der Waals surface area contributed by atoms with Gasteiger partial charge in [-0.05, 0) is 52.6 Å². The van der Waals surface area contributed by atoms with Crippen molar-refractivity contribution in [2.24, 2.45) is 0 Å². The molecule has 0 unspecified atom stereocenters. The third kappa shape index (κ3) is 3.82. The van der Waals surface area contributed by atoms with E-state index in [4.69, 9.17) is 0 Å². The average molecular weight is 486 g/mol. The average Bonchev–Trinajstić information content (AvgIpc) is 3.34. The summed E-state index contributed by atoms with van der Waals surface area (Å²) in [5.74, 6) is 0. The molecule has 0 saturated heterocycles. The number of aromatic amines is 1. The van der Waals surface area contributed by atoms with Gasteiger partial charge in [0.1, 0.15) is 0 Å². The molecule has 0 spiro atoms. The summed E-state index contributed by atoms with van der Waals surface area (Å²) in [5.41, 5.74) is 7.42. The Balaban J connectivity index is 1.55. The van der Waals surface area contributed by atoms with Crippen molar-refractivity contribution < 1.29 is 8.42 Å². The Bertz CT molecular complexity index is 1760. The molecule has 6 aromatic rings. The van der Waals surface area contributed by atoms with Gasteiger partial charge in [-0.3, -0.25) is 0 Å². The number of hydrogen-bond acceptors (Lipinski definition) is 2. The topological polar surface area (TPSA) is 49.9 Å². The first kappa shape index (κ1) is 22.1. The molecule has 174 valence electrons. The number of aromatic nitrogens is 1. The molecule has 0 atom stereocenters. The van der Waals surface area contributed by atoms with Gasteiger partial charge in [0, 0.05) is 16.5 Å². The third-order valence-corrected chi connectivity index (χ3v) is 8.26. The number of sulfone groups is 1. The predicted molar refractivity (Wildman–Crippen MR) is 147 cm³/mol. The van der Waals surface area contributed by atoms with Crippen LogP contribution < -0.4 is 0 Å². The summed E-state index contributed by atoms with van der Waals surface area (Å²) < 4.78 is 26.2. The fraction of sp³-hybridized carbons (Fsp3) is 0. The second-order valence-electron chi connectivity index (χ2n) is 8.68. The minimum atomic E-state index is -3.58. The van der Waals surface area contributed by atoms with E-state index in [9.17, 15) is 8.42 Å². The van der Waals surface area contributed by atoms with Gasteiger partial charge in [-0.1, -0.05) is 103 Å². The van der Waals surface area contributed by atoms with Crippen LogP contribution in [0.3, 0.4) is 0 Å². The van der Waals surface area contributed by atoms with Crippen molar-refractivity contribution in [3.05, 3.63) is 133 Å². The van der Waals surface area contributed by atoms with E-state index in [-0.39, 0.29) is 4.90 Å². The molecule has 0 aliphatic rings. The van der Waals surface area contributed by atoms with Gasteiger partial charge in [0.2, 0.25) is 9.84 Å². The molecule has 5 aromatic carbocycles. The van der Waals surface area contributed by atoms with Crippen molar-refractivity contribution in [2.45, 2.75) is 9.79 Å². The van der Waals surface area contributed by atoms with Crippen LogP contribution in [0.5, 0.6) is 0 Å². The van der Waals surface area contributed by atoms with Crippen LogP contribution >= 0.6 is 0 Å².